The van der Waals surface area contributed by atoms with E-state index in [0.29, 0.717) is 17.3 Å². The highest BCUT2D eigenvalue weighted by Crippen LogP contribution is 2.36. The number of benzene rings is 1. The molecule has 1 aromatic carbocycles. The Hall–Kier alpha value is -1.38. The number of carbonyl (C=O) groups is 1. The van der Waals surface area contributed by atoms with Gasteiger partial charge in [0, 0.05) is 6.61 Å². The molecule has 0 bridgehead atoms. The Labute approximate surface area is 192 Å². The molecule has 1 rings (SSSR count). The predicted octanol–water partition coefficient (Wildman–Crippen LogP) is 6.11. The molecule has 0 saturated heterocycles. The predicted molar refractivity (Wildman–Crippen MR) is 129 cm³/mol. The zero-order chi connectivity index (χ0) is 24.0. The molecule has 8 heteroatoms. The summed E-state index contributed by atoms with van der Waals surface area (Å²) in [6.45, 7) is 21.1. The lowest BCUT2D eigenvalue weighted by atomic mass is 10.2. The van der Waals surface area contributed by atoms with E-state index in [-0.39, 0.29) is 11.1 Å². The van der Waals surface area contributed by atoms with Gasteiger partial charge in [0.15, 0.2) is 19.3 Å². The van der Waals surface area contributed by atoms with Crippen molar-refractivity contribution in [2.75, 3.05) is 6.61 Å². The number of aryl methyl sites for hydroxylation is 1. The lowest BCUT2D eigenvalue weighted by Crippen LogP contribution is -2.41. The minimum Gasteiger partial charge on any atom is -0.489 e. The number of hydrogen-bond acceptors (Lipinski definition) is 5. The number of carbonyl (C=O) groups excluding carboxylic acids is 1. The molecule has 2 atom stereocenters. The van der Waals surface area contributed by atoms with Gasteiger partial charge in [0.2, 0.25) is 0 Å². The molecule has 178 valence electrons. The Morgan fingerprint density at radius 1 is 1.16 bits per heavy atom. The van der Waals surface area contributed by atoms with Crippen LogP contribution in [0.25, 0.3) is 0 Å². The van der Waals surface area contributed by atoms with Crippen LogP contribution in [-0.4, -0.2) is 36.9 Å². The summed E-state index contributed by atoms with van der Waals surface area (Å²) in [5.41, 5.74) is 0.323. The molecular weight excluding hydrogens is 430 g/mol. The van der Waals surface area contributed by atoms with Crippen LogP contribution in [0.15, 0.2) is 23.1 Å². The maximum atomic E-state index is 12.7. The van der Waals surface area contributed by atoms with Crippen LogP contribution in [0.3, 0.4) is 0 Å². The van der Waals surface area contributed by atoms with E-state index >= 15 is 0 Å². The molecule has 1 amide bonds. The van der Waals surface area contributed by atoms with E-state index in [1.807, 2.05) is 26.0 Å². The maximum absolute atomic E-state index is 12.7. The Morgan fingerprint density at radius 3 is 2.32 bits per heavy atom. The molecule has 0 aliphatic carbocycles. The van der Waals surface area contributed by atoms with Gasteiger partial charge in [-0.15, -0.1) is 0 Å². The van der Waals surface area contributed by atoms with Crippen molar-refractivity contribution in [2.24, 2.45) is 0 Å². The molecule has 6 nitrogen and oxygen atoms in total. The molecule has 0 radical (unpaired) electrons. The van der Waals surface area contributed by atoms with Gasteiger partial charge >= 0.3 is 6.09 Å². The molecule has 0 aliphatic heterocycles. The standard InChI is InChI=1S/C23H41NO5SSi/c1-17-13-14-20(30(26)24-21(25)29-22(3,4)5)19(16-17)28-18(2)12-11-15-27-31(9,10)23(6,7)8/h13-14,16,18H,11-12,15H2,1-10H3,(H,24,25)/t18-,30?/m1/s1. The van der Waals surface area contributed by atoms with Crippen molar-refractivity contribution in [1.29, 1.82) is 0 Å². The van der Waals surface area contributed by atoms with Gasteiger partial charge in [-0.3, -0.25) is 0 Å². The molecular formula is C23H41NO5SSi. The third-order valence-electron chi connectivity index (χ3n) is 5.23. The summed E-state index contributed by atoms with van der Waals surface area (Å²) >= 11 is 0. The molecule has 0 spiro atoms. The number of rotatable bonds is 9. The van der Waals surface area contributed by atoms with Crippen LogP contribution >= 0.6 is 0 Å². The van der Waals surface area contributed by atoms with Gasteiger partial charge in [0.05, 0.1) is 6.10 Å². The Balaban J connectivity index is 2.71. The second-order valence-electron chi connectivity index (χ2n) is 10.5. The van der Waals surface area contributed by atoms with E-state index in [4.69, 9.17) is 13.9 Å². The summed E-state index contributed by atoms with van der Waals surface area (Å²) in [5, 5.41) is 0.191. The first-order chi connectivity index (χ1) is 14.0. The fourth-order valence-corrected chi connectivity index (χ4v) is 4.35. The van der Waals surface area contributed by atoms with Crippen LogP contribution in [0.4, 0.5) is 4.79 Å². The molecule has 0 aliphatic rings. The first-order valence-electron chi connectivity index (χ1n) is 10.8. The van der Waals surface area contributed by atoms with E-state index in [1.54, 1.807) is 26.8 Å². The molecule has 0 aromatic heterocycles. The van der Waals surface area contributed by atoms with Crippen molar-refractivity contribution in [3.8, 4) is 5.75 Å². The maximum Gasteiger partial charge on any atom is 0.419 e. The average Bonchev–Trinajstić information content (AvgIpc) is 2.56. The second kappa shape index (κ2) is 11.0. The van der Waals surface area contributed by atoms with Crippen molar-refractivity contribution in [3.63, 3.8) is 0 Å². The largest absolute Gasteiger partial charge is 0.489 e. The molecule has 1 aromatic rings. The fraction of sp³-hybridized carbons (Fsp3) is 0.696. The van der Waals surface area contributed by atoms with Gasteiger partial charge < -0.3 is 13.9 Å². The number of amides is 1. The van der Waals surface area contributed by atoms with Gasteiger partial charge in [-0.2, -0.15) is 0 Å². The summed E-state index contributed by atoms with van der Waals surface area (Å²) in [4.78, 5) is 12.4. The molecule has 1 N–H and O–H groups in total. The monoisotopic (exact) mass is 471 g/mol. The number of ether oxygens (including phenoxy) is 2. The van der Waals surface area contributed by atoms with Gasteiger partial charge in [-0.1, -0.05) is 26.8 Å². The van der Waals surface area contributed by atoms with Crippen molar-refractivity contribution in [1.82, 2.24) is 4.72 Å². The van der Waals surface area contributed by atoms with Crippen LogP contribution in [-0.2, 0) is 20.1 Å². The van der Waals surface area contributed by atoms with E-state index in [1.165, 1.54) is 0 Å². The average molecular weight is 472 g/mol. The van der Waals surface area contributed by atoms with E-state index < -0.39 is 31.0 Å². The summed E-state index contributed by atoms with van der Waals surface area (Å²) in [6, 6.07) is 5.40. The zero-order valence-electron chi connectivity index (χ0n) is 20.9. The van der Waals surface area contributed by atoms with E-state index in [0.717, 1.165) is 18.4 Å². The van der Waals surface area contributed by atoms with E-state index in [9.17, 15) is 9.00 Å². The van der Waals surface area contributed by atoms with Crippen LogP contribution < -0.4 is 9.46 Å². The zero-order valence-corrected chi connectivity index (χ0v) is 22.7. The SMILES string of the molecule is Cc1ccc(S(=O)NC(=O)OC(C)(C)C)c(O[C@H](C)CCCO[Si](C)(C)C(C)(C)C)c1. The van der Waals surface area contributed by atoms with Crippen LogP contribution in [0.1, 0.15) is 66.9 Å². The topological polar surface area (TPSA) is 73.9 Å². The summed E-state index contributed by atoms with van der Waals surface area (Å²) in [6.07, 6.45) is 0.887. The molecule has 0 fully saturated rings. The molecule has 0 saturated carbocycles. The smallest absolute Gasteiger partial charge is 0.419 e. The van der Waals surface area contributed by atoms with Crippen molar-refractivity contribution < 1.29 is 22.9 Å². The van der Waals surface area contributed by atoms with Crippen LogP contribution in [0, 0.1) is 6.92 Å². The third kappa shape index (κ3) is 9.74. The lowest BCUT2D eigenvalue weighted by Gasteiger charge is -2.36. The van der Waals surface area contributed by atoms with Crippen LogP contribution in [0.5, 0.6) is 5.75 Å². The highest BCUT2D eigenvalue weighted by molar-refractivity contribution is 7.83. The second-order valence-corrected chi connectivity index (χ2v) is 16.5. The van der Waals surface area contributed by atoms with Gasteiger partial charge in [0.1, 0.15) is 16.2 Å². The molecule has 1 unspecified atom stereocenters. The Bertz CT molecular complexity index is 768. The summed E-state index contributed by atoms with van der Waals surface area (Å²) in [7, 11) is -3.53. The highest BCUT2D eigenvalue weighted by atomic mass is 32.2. The third-order valence-corrected chi connectivity index (χ3v) is 10.9. The van der Waals surface area contributed by atoms with Gasteiger partial charge in [-0.25, -0.2) is 13.7 Å². The highest BCUT2D eigenvalue weighted by Gasteiger charge is 2.36. The fourth-order valence-electron chi connectivity index (χ4n) is 2.48. The van der Waals surface area contributed by atoms with Gasteiger partial charge in [0.25, 0.3) is 0 Å². The lowest BCUT2D eigenvalue weighted by molar-refractivity contribution is 0.0572. The Morgan fingerprint density at radius 2 is 1.77 bits per heavy atom. The quantitative estimate of drug-likeness (QED) is 0.347. The number of nitrogens with one attached hydrogen (secondary N) is 1. The number of hydrogen-bond donors (Lipinski definition) is 1. The molecule has 31 heavy (non-hydrogen) atoms. The molecule has 0 heterocycles. The van der Waals surface area contributed by atoms with Crippen molar-refractivity contribution in [2.45, 2.75) is 103 Å². The first kappa shape index (κ1) is 27.7. The van der Waals surface area contributed by atoms with Crippen molar-refractivity contribution in [3.05, 3.63) is 23.8 Å². The summed E-state index contributed by atoms with van der Waals surface area (Å²) in [5.74, 6) is 0.507. The van der Waals surface area contributed by atoms with E-state index in [2.05, 4.69) is 38.6 Å². The normalized spacial score (nSPS) is 14.6. The Kier molecular flexibility index (Phi) is 9.78. The van der Waals surface area contributed by atoms with Crippen LogP contribution in [0.2, 0.25) is 18.1 Å². The first-order valence-corrected chi connectivity index (χ1v) is 14.9. The summed E-state index contributed by atoms with van der Waals surface area (Å²) < 4.78 is 32.6. The minimum atomic E-state index is -1.78. The minimum absolute atomic E-state index is 0.0814. The van der Waals surface area contributed by atoms with Crippen molar-refractivity contribution >= 4 is 25.4 Å². The van der Waals surface area contributed by atoms with Gasteiger partial charge in [-0.05, 0) is 83.3 Å².